The molecule has 1 saturated carbocycles. The Hall–Kier alpha value is -4.02. The molecule has 0 spiro atoms. The van der Waals surface area contributed by atoms with Gasteiger partial charge in [0.15, 0.2) is 6.29 Å². The summed E-state index contributed by atoms with van der Waals surface area (Å²) in [5.41, 5.74) is 4.07. The van der Waals surface area contributed by atoms with Crippen LogP contribution in [0.2, 0.25) is 0 Å². The highest BCUT2D eigenvalue weighted by atomic mass is 16.7. The molecule has 5 atom stereocenters. The van der Waals surface area contributed by atoms with Gasteiger partial charge in [0.25, 0.3) is 0 Å². The molecule has 0 aromatic heterocycles. The number of nitrogens with one attached hydrogen (secondary N) is 2. The third kappa shape index (κ3) is 9.08. The van der Waals surface area contributed by atoms with Crippen LogP contribution < -0.4 is 10.6 Å². The molecule has 3 aromatic carbocycles. The molecule has 0 bridgehead atoms. The number of urea groups is 1. The maximum atomic E-state index is 13.1. The summed E-state index contributed by atoms with van der Waals surface area (Å²) in [6, 6.07) is 23.9. The second-order valence-corrected chi connectivity index (χ2v) is 12.5. The monoisotopic (exact) mass is 641 g/mol. The SMILES string of the molecule is C=CCN(C[C@H]1O[C@@H](c2cccc(NC(=O)N[C@@H](Cc3ccccc3)C(=O)OC)c2)O[C@@H](c2ccc(CO)cc2)[C@H]1C)C1CCCC1. The summed E-state index contributed by atoms with van der Waals surface area (Å²) in [5, 5.41) is 15.2. The number of rotatable bonds is 13. The van der Waals surface area contributed by atoms with E-state index in [-0.39, 0.29) is 24.7 Å². The molecule has 47 heavy (non-hydrogen) atoms. The van der Waals surface area contributed by atoms with Crippen molar-refractivity contribution in [1.82, 2.24) is 10.2 Å². The van der Waals surface area contributed by atoms with E-state index in [1.807, 2.05) is 78.9 Å². The molecule has 1 aliphatic carbocycles. The summed E-state index contributed by atoms with van der Waals surface area (Å²) in [6.07, 6.45) is 6.05. The summed E-state index contributed by atoms with van der Waals surface area (Å²) in [6.45, 7) is 7.71. The first-order chi connectivity index (χ1) is 22.9. The van der Waals surface area contributed by atoms with Crippen molar-refractivity contribution in [2.75, 3.05) is 25.5 Å². The topological polar surface area (TPSA) is 109 Å². The summed E-state index contributed by atoms with van der Waals surface area (Å²) >= 11 is 0. The van der Waals surface area contributed by atoms with E-state index in [1.54, 1.807) is 6.07 Å². The lowest BCUT2D eigenvalue weighted by molar-refractivity contribution is -0.276. The molecule has 1 aliphatic heterocycles. The second kappa shape index (κ2) is 16.7. The zero-order valence-electron chi connectivity index (χ0n) is 27.3. The van der Waals surface area contributed by atoms with Crippen LogP contribution in [0.4, 0.5) is 10.5 Å². The zero-order valence-corrected chi connectivity index (χ0v) is 27.3. The lowest BCUT2D eigenvalue weighted by Gasteiger charge is -2.43. The summed E-state index contributed by atoms with van der Waals surface area (Å²) in [4.78, 5) is 28.1. The van der Waals surface area contributed by atoms with Gasteiger partial charge >= 0.3 is 12.0 Å². The van der Waals surface area contributed by atoms with Crippen molar-refractivity contribution in [3.05, 3.63) is 114 Å². The number of carbonyl (C=O) groups is 2. The minimum Gasteiger partial charge on any atom is -0.467 e. The number of esters is 1. The molecule has 5 rings (SSSR count). The number of hydrogen-bond acceptors (Lipinski definition) is 7. The van der Waals surface area contributed by atoms with Crippen molar-refractivity contribution in [3.63, 3.8) is 0 Å². The first-order valence-corrected chi connectivity index (χ1v) is 16.5. The first-order valence-electron chi connectivity index (χ1n) is 16.5. The number of amides is 2. The quantitative estimate of drug-likeness (QED) is 0.148. The molecular formula is C38H47N3O6. The van der Waals surface area contributed by atoms with E-state index in [1.165, 1.54) is 32.8 Å². The van der Waals surface area contributed by atoms with Crippen LogP contribution in [0.1, 0.15) is 67.3 Å². The van der Waals surface area contributed by atoms with Gasteiger partial charge in [-0.25, -0.2) is 9.59 Å². The Morgan fingerprint density at radius 1 is 1.00 bits per heavy atom. The van der Waals surface area contributed by atoms with Gasteiger partial charge in [0, 0.05) is 42.7 Å². The number of benzene rings is 3. The number of ether oxygens (including phenoxy) is 3. The highest BCUT2D eigenvalue weighted by Crippen LogP contribution is 2.42. The van der Waals surface area contributed by atoms with Crippen LogP contribution in [0.5, 0.6) is 0 Å². The normalized spacial score (nSPS) is 22.0. The van der Waals surface area contributed by atoms with Crippen molar-refractivity contribution in [3.8, 4) is 0 Å². The standard InChI is InChI=1S/C38H47N3O6/c1-4-21-41(32-15-8-9-16-32)24-34-26(2)35(29-19-17-28(25-42)18-20-29)47-37(46-34)30-13-10-14-31(23-30)39-38(44)40-33(36(43)45-3)22-27-11-6-5-7-12-27/h4-7,10-14,17-20,23,26,32-35,37,42H,1,8-9,15-16,21-22,24-25H2,2-3H3,(H2,39,40,44)/t26-,33-,34+,35+,37+/m0/s1. The van der Waals surface area contributed by atoms with Crippen molar-refractivity contribution in [2.24, 2.45) is 5.92 Å². The number of aliphatic hydroxyl groups excluding tert-OH is 1. The van der Waals surface area contributed by atoms with Gasteiger partial charge < -0.3 is 30.0 Å². The molecule has 2 aliphatic rings. The average molecular weight is 642 g/mol. The predicted octanol–water partition coefficient (Wildman–Crippen LogP) is 6.31. The minimum atomic E-state index is -0.853. The maximum absolute atomic E-state index is 13.1. The summed E-state index contributed by atoms with van der Waals surface area (Å²) < 4.78 is 18.3. The van der Waals surface area contributed by atoms with Crippen LogP contribution in [0.25, 0.3) is 0 Å². The number of nitrogens with zero attached hydrogens (tertiary/aromatic N) is 1. The Labute approximate surface area is 277 Å². The fraction of sp³-hybridized carbons (Fsp3) is 0.421. The van der Waals surface area contributed by atoms with Crippen LogP contribution in [0.15, 0.2) is 91.5 Å². The molecule has 3 aromatic rings. The zero-order chi connectivity index (χ0) is 33.2. The Kier molecular flexibility index (Phi) is 12.2. The van der Waals surface area contributed by atoms with Gasteiger partial charge in [0.05, 0.1) is 25.9 Å². The minimum absolute atomic E-state index is 0.0202. The predicted molar refractivity (Wildman–Crippen MR) is 182 cm³/mol. The van der Waals surface area contributed by atoms with E-state index in [4.69, 9.17) is 14.2 Å². The molecule has 0 radical (unpaired) electrons. The number of methoxy groups -OCH3 is 1. The fourth-order valence-electron chi connectivity index (χ4n) is 6.64. The summed E-state index contributed by atoms with van der Waals surface area (Å²) in [7, 11) is 1.31. The molecule has 2 amide bonds. The van der Waals surface area contributed by atoms with Crippen molar-refractivity contribution < 1.29 is 28.9 Å². The van der Waals surface area contributed by atoms with E-state index in [2.05, 4.69) is 29.0 Å². The van der Waals surface area contributed by atoms with Gasteiger partial charge in [-0.1, -0.05) is 92.6 Å². The van der Waals surface area contributed by atoms with Gasteiger partial charge in [-0.2, -0.15) is 0 Å². The average Bonchev–Trinajstić information content (AvgIpc) is 3.64. The van der Waals surface area contributed by atoms with E-state index in [9.17, 15) is 14.7 Å². The third-order valence-corrected chi connectivity index (χ3v) is 9.23. The Morgan fingerprint density at radius 3 is 2.43 bits per heavy atom. The van der Waals surface area contributed by atoms with Crippen LogP contribution in [0, 0.1) is 5.92 Å². The Balaban J connectivity index is 1.34. The largest absolute Gasteiger partial charge is 0.467 e. The second-order valence-electron chi connectivity index (χ2n) is 12.5. The Morgan fingerprint density at radius 2 is 1.74 bits per heavy atom. The molecular weight excluding hydrogens is 594 g/mol. The van der Waals surface area contributed by atoms with Crippen LogP contribution in [-0.2, 0) is 32.0 Å². The van der Waals surface area contributed by atoms with Crippen molar-refractivity contribution in [1.29, 1.82) is 0 Å². The van der Waals surface area contributed by atoms with E-state index in [0.717, 1.165) is 35.3 Å². The van der Waals surface area contributed by atoms with E-state index >= 15 is 0 Å². The van der Waals surface area contributed by atoms with Gasteiger partial charge in [0.1, 0.15) is 6.04 Å². The van der Waals surface area contributed by atoms with E-state index < -0.39 is 24.3 Å². The number of aliphatic hydroxyl groups is 1. The molecule has 3 N–H and O–H groups in total. The van der Waals surface area contributed by atoms with Gasteiger partial charge in [-0.05, 0) is 41.7 Å². The molecule has 1 saturated heterocycles. The molecule has 250 valence electrons. The van der Waals surface area contributed by atoms with Crippen LogP contribution in [0.3, 0.4) is 0 Å². The third-order valence-electron chi connectivity index (χ3n) is 9.23. The van der Waals surface area contributed by atoms with Gasteiger partial charge in [0.2, 0.25) is 0 Å². The lowest BCUT2D eigenvalue weighted by atomic mass is 9.89. The molecule has 0 unspecified atom stereocenters. The lowest BCUT2D eigenvalue weighted by Crippen LogP contribution is -2.47. The van der Waals surface area contributed by atoms with Crippen LogP contribution in [-0.4, -0.2) is 60.4 Å². The maximum Gasteiger partial charge on any atom is 0.328 e. The molecule has 2 fully saturated rings. The highest BCUT2D eigenvalue weighted by molar-refractivity contribution is 5.92. The van der Waals surface area contributed by atoms with Crippen molar-refractivity contribution in [2.45, 2.75) is 76.2 Å². The van der Waals surface area contributed by atoms with Gasteiger partial charge in [-0.15, -0.1) is 6.58 Å². The Bertz CT molecular complexity index is 1460. The molecule has 1 heterocycles. The number of hydrogen-bond donors (Lipinski definition) is 3. The smallest absolute Gasteiger partial charge is 0.328 e. The van der Waals surface area contributed by atoms with Crippen LogP contribution >= 0.6 is 0 Å². The number of anilines is 1. The molecule has 9 heteroatoms. The fourth-order valence-corrected chi connectivity index (χ4v) is 6.64. The van der Waals surface area contributed by atoms with Gasteiger partial charge in [-0.3, -0.25) is 4.90 Å². The first kappa shape index (κ1) is 34.3. The van der Waals surface area contributed by atoms with Crippen molar-refractivity contribution >= 4 is 17.7 Å². The highest BCUT2D eigenvalue weighted by Gasteiger charge is 2.40. The molecule has 9 nitrogen and oxygen atoms in total. The summed E-state index contributed by atoms with van der Waals surface area (Å²) in [5.74, 6) is -0.477. The van der Waals surface area contributed by atoms with E-state index in [0.29, 0.717) is 18.2 Å². The number of carbonyl (C=O) groups excluding carboxylic acids is 2.